The van der Waals surface area contributed by atoms with Crippen molar-refractivity contribution >= 4 is 35.6 Å². The van der Waals surface area contributed by atoms with Crippen molar-refractivity contribution < 1.29 is 32.9 Å². The number of alkyl halides is 1. The summed E-state index contributed by atoms with van der Waals surface area (Å²) in [5, 5.41) is 2.90. The van der Waals surface area contributed by atoms with Crippen LogP contribution in [0.4, 0.5) is 21.8 Å². The lowest BCUT2D eigenvalue weighted by molar-refractivity contribution is -0.180. The minimum Gasteiger partial charge on any atom is -0.463 e. The molecule has 2 aliphatic rings. The predicted molar refractivity (Wildman–Crippen MR) is 126 cm³/mol. The Bertz CT molecular complexity index is 993. The quantitative estimate of drug-likeness (QED) is 0.407. The molecule has 2 unspecified atom stereocenters. The van der Waals surface area contributed by atoms with Gasteiger partial charge in [-0.3, -0.25) is 14.6 Å². The third-order valence-corrected chi connectivity index (χ3v) is 5.85. The van der Waals surface area contributed by atoms with E-state index in [2.05, 4.69) is 20.3 Å². The first kappa shape index (κ1) is 26.7. The number of carbonyl (C=O) groups excluding carboxylic acids is 2. The van der Waals surface area contributed by atoms with E-state index >= 15 is 4.39 Å². The average Bonchev–Trinajstić information content (AvgIpc) is 3.28. The van der Waals surface area contributed by atoms with Crippen LogP contribution in [0.5, 0.6) is 0 Å². The van der Waals surface area contributed by atoms with Crippen LogP contribution >= 0.6 is 0 Å². The zero-order chi connectivity index (χ0) is 26.1. The van der Waals surface area contributed by atoms with Gasteiger partial charge in [0.25, 0.3) is 0 Å². The van der Waals surface area contributed by atoms with E-state index in [9.17, 15) is 9.59 Å². The number of fused-ring (bicyclic) bond motifs is 1. The molecule has 0 spiro atoms. The van der Waals surface area contributed by atoms with Crippen molar-refractivity contribution in [2.24, 2.45) is 16.3 Å². The van der Waals surface area contributed by atoms with E-state index in [0.717, 1.165) is 0 Å². The molecule has 194 valence electrons. The molecule has 0 aliphatic carbocycles. The molecule has 3 rings (SSSR count). The van der Waals surface area contributed by atoms with Crippen LogP contribution in [0.3, 0.4) is 0 Å². The average molecular weight is 496 g/mol. The summed E-state index contributed by atoms with van der Waals surface area (Å²) in [6, 6.07) is 0. The topological polar surface area (TPSA) is 147 Å². The zero-order valence-electron chi connectivity index (χ0n) is 21.1. The Hall–Kier alpha value is -2.86. The highest BCUT2D eigenvalue weighted by atomic mass is 19.1. The normalized spacial score (nSPS) is 27.7. The number of hydrogen-bond donors (Lipinski definition) is 2. The highest BCUT2D eigenvalue weighted by Crippen LogP contribution is 2.47. The van der Waals surface area contributed by atoms with E-state index in [1.165, 1.54) is 13.1 Å². The molecule has 35 heavy (non-hydrogen) atoms. The molecule has 12 heteroatoms. The van der Waals surface area contributed by atoms with Gasteiger partial charge >= 0.3 is 11.9 Å². The number of ether oxygens (including phenoxy) is 4. The van der Waals surface area contributed by atoms with Gasteiger partial charge in [0.05, 0.1) is 22.9 Å². The number of esters is 2. The SMILES string of the molecule is CNc1nc(N)nc2c1N=CC2C1O[C@H](COC(=O)C(C)C)[C@@H](OCOC(=O)C(C)(C)C)[C@@]1(C)F. The summed E-state index contributed by atoms with van der Waals surface area (Å²) in [4.78, 5) is 36.9. The number of nitrogens with two attached hydrogens (primary N) is 1. The van der Waals surface area contributed by atoms with Crippen LogP contribution in [0.1, 0.15) is 53.2 Å². The fourth-order valence-electron chi connectivity index (χ4n) is 3.93. The van der Waals surface area contributed by atoms with Gasteiger partial charge in [-0.1, -0.05) is 13.8 Å². The molecule has 0 bridgehead atoms. The maximum Gasteiger partial charge on any atom is 0.313 e. The minimum atomic E-state index is -2.10. The van der Waals surface area contributed by atoms with Gasteiger partial charge in [-0.05, 0) is 27.7 Å². The number of halogens is 1. The van der Waals surface area contributed by atoms with Crippen LogP contribution in [-0.2, 0) is 28.5 Å². The molecule has 2 aliphatic heterocycles. The summed E-state index contributed by atoms with van der Waals surface area (Å²) in [5.41, 5.74) is 3.85. The molecular weight excluding hydrogens is 461 g/mol. The second-order valence-corrected chi connectivity index (χ2v) is 10.1. The number of hydrogen-bond acceptors (Lipinski definition) is 11. The highest BCUT2D eigenvalue weighted by Gasteiger charge is 2.59. The largest absolute Gasteiger partial charge is 0.463 e. The van der Waals surface area contributed by atoms with Crippen molar-refractivity contribution in [2.45, 2.75) is 71.4 Å². The Kier molecular flexibility index (Phi) is 7.65. The first-order valence-electron chi connectivity index (χ1n) is 11.5. The van der Waals surface area contributed by atoms with Crippen molar-refractivity contribution in [3.63, 3.8) is 0 Å². The van der Waals surface area contributed by atoms with Gasteiger partial charge in [0.2, 0.25) is 5.95 Å². The van der Waals surface area contributed by atoms with Crippen LogP contribution in [0.2, 0.25) is 0 Å². The standard InChI is InChI=1S/C23H34FN5O6/c1-11(2)19(30)32-9-13-17(33-10-34-20(31)22(3,4)5)23(6,24)16(35-13)12-8-27-15-14(12)28-21(25)29-18(15)26-7/h8,11-13,16-17H,9-10H2,1-7H3,(H3,25,26,28,29)/t12?,13-,16?,17-,23+/m1/s1. The van der Waals surface area contributed by atoms with E-state index in [4.69, 9.17) is 24.7 Å². The maximum atomic E-state index is 16.4. The summed E-state index contributed by atoms with van der Waals surface area (Å²) >= 11 is 0. The number of nitrogens with one attached hydrogen (secondary N) is 1. The van der Waals surface area contributed by atoms with Crippen LogP contribution in [0, 0.1) is 11.3 Å². The Morgan fingerprint density at radius 2 is 1.97 bits per heavy atom. The monoisotopic (exact) mass is 495 g/mol. The number of nitrogens with zero attached hydrogens (tertiary/aromatic N) is 3. The molecule has 0 saturated carbocycles. The van der Waals surface area contributed by atoms with Crippen molar-refractivity contribution in [1.29, 1.82) is 0 Å². The van der Waals surface area contributed by atoms with Gasteiger partial charge in [0.1, 0.15) is 30.6 Å². The molecule has 1 fully saturated rings. The van der Waals surface area contributed by atoms with Crippen LogP contribution in [0.25, 0.3) is 0 Å². The summed E-state index contributed by atoms with van der Waals surface area (Å²) in [6.07, 6.45) is -1.74. The van der Waals surface area contributed by atoms with Crippen molar-refractivity contribution in [2.75, 3.05) is 31.5 Å². The third kappa shape index (κ3) is 5.53. The maximum absolute atomic E-state index is 16.4. The summed E-state index contributed by atoms with van der Waals surface area (Å²) in [6.45, 7) is 9.07. The van der Waals surface area contributed by atoms with E-state index in [-0.39, 0.29) is 18.5 Å². The predicted octanol–water partition coefficient (Wildman–Crippen LogP) is 2.53. The Labute approximate surface area is 204 Å². The number of rotatable bonds is 8. The van der Waals surface area contributed by atoms with E-state index < -0.39 is 54.0 Å². The second-order valence-electron chi connectivity index (χ2n) is 10.1. The molecule has 0 radical (unpaired) electrons. The number of nitrogen functional groups attached to an aromatic ring is 1. The molecule has 1 aromatic rings. The fraction of sp³-hybridized carbons (Fsp3) is 0.696. The minimum absolute atomic E-state index is 0.00599. The lowest BCUT2D eigenvalue weighted by Crippen LogP contribution is -2.46. The highest BCUT2D eigenvalue weighted by molar-refractivity contribution is 5.85. The number of aromatic nitrogens is 2. The molecule has 1 saturated heterocycles. The molecule has 1 aromatic heterocycles. The molecule has 3 N–H and O–H groups in total. The number of anilines is 2. The number of carbonyl (C=O) groups is 2. The molecule has 0 aromatic carbocycles. The van der Waals surface area contributed by atoms with E-state index in [1.807, 2.05) is 0 Å². The summed E-state index contributed by atoms with van der Waals surface area (Å²) in [7, 11) is 1.66. The van der Waals surface area contributed by atoms with Crippen molar-refractivity contribution in [3.05, 3.63) is 5.69 Å². The smallest absolute Gasteiger partial charge is 0.313 e. The molecule has 5 atom stereocenters. The van der Waals surface area contributed by atoms with Crippen LogP contribution < -0.4 is 11.1 Å². The Morgan fingerprint density at radius 3 is 2.57 bits per heavy atom. The van der Waals surface area contributed by atoms with Gasteiger partial charge in [-0.25, -0.2) is 9.37 Å². The van der Waals surface area contributed by atoms with E-state index in [0.29, 0.717) is 17.2 Å². The van der Waals surface area contributed by atoms with E-state index in [1.54, 1.807) is 41.7 Å². The Balaban J connectivity index is 1.85. The van der Waals surface area contributed by atoms with Gasteiger partial charge in [-0.2, -0.15) is 4.98 Å². The lowest BCUT2D eigenvalue weighted by atomic mass is 9.86. The van der Waals surface area contributed by atoms with Crippen LogP contribution in [-0.4, -0.2) is 72.5 Å². The van der Waals surface area contributed by atoms with Gasteiger partial charge < -0.3 is 30.0 Å². The lowest BCUT2D eigenvalue weighted by Gasteiger charge is -2.29. The molecule has 11 nitrogen and oxygen atoms in total. The van der Waals surface area contributed by atoms with Gasteiger partial charge in [0.15, 0.2) is 18.3 Å². The second kappa shape index (κ2) is 10.0. The van der Waals surface area contributed by atoms with Crippen molar-refractivity contribution in [3.8, 4) is 0 Å². The van der Waals surface area contributed by atoms with Gasteiger partial charge in [-0.15, -0.1) is 0 Å². The number of aliphatic imine (C=N–C) groups is 1. The first-order chi connectivity index (χ1) is 16.3. The molecule has 3 heterocycles. The van der Waals surface area contributed by atoms with Gasteiger partial charge in [0, 0.05) is 13.3 Å². The third-order valence-electron chi connectivity index (χ3n) is 5.85. The van der Waals surface area contributed by atoms with Crippen LogP contribution in [0.15, 0.2) is 4.99 Å². The Morgan fingerprint density at radius 1 is 1.29 bits per heavy atom. The zero-order valence-corrected chi connectivity index (χ0v) is 21.1. The molecule has 0 amide bonds. The van der Waals surface area contributed by atoms with Crippen molar-refractivity contribution in [1.82, 2.24) is 9.97 Å². The molecular formula is C23H34FN5O6. The summed E-state index contributed by atoms with van der Waals surface area (Å²) < 4.78 is 38.6. The summed E-state index contributed by atoms with van der Waals surface area (Å²) in [5.74, 6) is -1.61. The fourth-order valence-corrected chi connectivity index (χ4v) is 3.93. The first-order valence-corrected chi connectivity index (χ1v) is 11.5.